The van der Waals surface area contributed by atoms with Crippen LogP contribution in [-0.4, -0.2) is 23.6 Å². The highest BCUT2D eigenvalue weighted by molar-refractivity contribution is 5.33. The first kappa shape index (κ1) is 13.4. The number of halogens is 1. The van der Waals surface area contributed by atoms with Crippen LogP contribution < -0.4 is 10.6 Å². The summed E-state index contributed by atoms with van der Waals surface area (Å²) in [6.45, 7) is 1.26. The van der Waals surface area contributed by atoms with Crippen molar-refractivity contribution in [2.75, 3.05) is 18.9 Å². The van der Waals surface area contributed by atoms with Gasteiger partial charge in [-0.1, -0.05) is 18.2 Å². The van der Waals surface area contributed by atoms with E-state index in [-0.39, 0.29) is 5.82 Å². The first-order valence-corrected chi connectivity index (χ1v) is 6.23. The number of anilines is 1. The zero-order chi connectivity index (χ0) is 13.5. The fraction of sp³-hybridized carbons (Fsp3) is 0.286. The van der Waals surface area contributed by atoms with Crippen molar-refractivity contribution in [2.45, 2.75) is 13.0 Å². The van der Waals surface area contributed by atoms with Gasteiger partial charge >= 0.3 is 0 Å². The number of nitrogens with zero attached hydrogens (tertiary/aromatic N) is 2. The predicted molar refractivity (Wildman–Crippen MR) is 73.4 cm³/mol. The molecule has 4 nitrogen and oxygen atoms in total. The van der Waals surface area contributed by atoms with Gasteiger partial charge in [0.2, 0.25) is 0 Å². The van der Waals surface area contributed by atoms with Crippen molar-refractivity contribution in [1.82, 2.24) is 15.3 Å². The van der Waals surface area contributed by atoms with Gasteiger partial charge in [-0.25, -0.2) is 14.4 Å². The number of rotatable bonds is 6. The molecule has 0 aliphatic heterocycles. The number of aromatic nitrogens is 2. The molecule has 0 unspecified atom stereocenters. The average molecular weight is 260 g/mol. The molecule has 2 aromatic rings. The molecule has 1 aromatic heterocycles. The third-order valence-electron chi connectivity index (χ3n) is 2.70. The Labute approximate surface area is 112 Å². The summed E-state index contributed by atoms with van der Waals surface area (Å²) in [4.78, 5) is 8.47. The molecule has 19 heavy (non-hydrogen) atoms. The standard InChI is InChI=1S/C14H17FN4/c1-16-10-14-18-9-7-13(19-14)17-8-6-11-4-2-3-5-12(11)15/h2-5,7,9,16H,6,8,10H2,1H3,(H,17,18,19). The molecule has 0 aliphatic rings. The van der Waals surface area contributed by atoms with Gasteiger partial charge in [0.15, 0.2) is 0 Å². The van der Waals surface area contributed by atoms with Crippen LogP contribution in [0, 0.1) is 5.82 Å². The molecule has 0 amide bonds. The summed E-state index contributed by atoms with van der Waals surface area (Å²) in [6.07, 6.45) is 2.34. The normalized spacial score (nSPS) is 10.4. The lowest BCUT2D eigenvalue weighted by Gasteiger charge is -2.07. The summed E-state index contributed by atoms with van der Waals surface area (Å²) < 4.78 is 13.4. The zero-order valence-electron chi connectivity index (χ0n) is 10.9. The summed E-state index contributed by atoms with van der Waals surface area (Å²) in [5, 5.41) is 6.17. The van der Waals surface area contributed by atoms with Gasteiger partial charge in [-0.2, -0.15) is 0 Å². The van der Waals surface area contributed by atoms with Crippen LogP contribution in [0.1, 0.15) is 11.4 Å². The molecule has 1 heterocycles. The third kappa shape index (κ3) is 3.99. The Bertz CT molecular complexity index is 530. The number of hydrogen-bond donors (Lipinski definition) is 2. The summed E-state index contributed by atoms with van der Waals surface area (Å²) in [5.74, 6) is 1.33. The topological polar surface area (TPSA) is 49.8 Å². The molecule has 0 fully saturated rings. The summed E-state index contributed by atoms with van der Waals surface area (Å²) in [6, 6.07) is 8.61. The van der Waals surface area contributed by atoms with Gasteiger partial charge in [-0.15, -0.1) is 0 Å². The molecule has 0 atom stereocenters. The molecule has 100 valence electrons. The molecule has 1 aromatic carbocycles. The Hall–Kier alpha value is -2.01. The lowest BCUT2D eigenvalue weighted by Crippen LogP contribution is -2.12. The van der Waals surface area contributed by atoms with Gasteiger partial charge in [0.25, 0.3) is 0 Å². The Morgan fingerprint density at radius 2 is 2.05 bits per heavy atom. The molecular formula is C14H17FN4. The molecule has 0 aliphatic carbocycles. The van der Waals surface area contributed by atoms with Crippen LogP contribution in [-0.2, 0) is 13.0 Å². The van der Waals surface area contributed by atoms with Gasteiger partial charge in [0.1, 0.15) is 17.5 Å². The molecule has 0 spiro atoms. The smallest absolute Gasteiger partial charge is 0.144 e. The Kier molecular flexibility index (Phi) is 4.80. The monoisotopic (exact) mass is 260 g/mol. The van der Waals surface area contributed by atoms with Crippen LogP contribution in [0.15, 0.2) is 36.5 Å². The summed E-state index contributed by atoms with van der Waals surface area (Å²) in [5.41, 5.74) is 0.708. The van der Waals surface area contributed by atoms with Gasteiger partial charge in [-0.05, 0) is 31.2 Å². The predicted octanol–water partition coefficient (Wildman–Crippen LogP) is 1.99. The summed E-state index contributed by atoms with van der Waals surface area (Å²) >= 11 is 0. The Balaban J connectivity index is 1.89. The Morgan fingerprint density at radius 3 is 2.84 bits per heavy atom. The lowest BCUT2D eigenvalue weighted by molar-refractivity contribution is 0.610. The van der Waals surface area contributed by atoms with Crippen LogP contribution in [0.3, 0.4) is 0 Å². The van der Waals surface area contributed by atoms with Crippen LogP contribution >= 0.6 is 0 Å². The van der Waals surface area contributed by atoms with Crippen molar-refractivity contribution in [2.24, 2.45) is 0 Å². The van der Waals surface area contributed by atoms with E-state index >= 15 is 0 Å². The van der Waals surface area contributed by atoms with Gasteiger partial charge in [-0.3, -0.25) is 0 Å². The Morgan fingerprint density at radius 1 is 1.21 bits per heavy atom. The molecule has 2 rings (SSSR count). The average Bonchev–Trinajstić information content (AvgIpc) is 2.42. The second-order valence-corrected chi connectivity index (χ2v) is 4.16. The highest BCUT2D eigenvalue weighted by Crippen LogP contribution is 2.08. The van der Waals surface area contributed by atoms with Crippen molar-refractivity contribution < 1.29 is 4.39 Å². The van der Waals surface area contributed by atoms with Crippen molar-refractivity contribution in [3.8, 4) is 0 Å². The molecule has 5 heteroatoms. The molecular weight excluding hydrogens is 243 g/mol. The van der Waals surface area contributed by atoms with E-state index in [1.54, 1.807) is 24.4 Å². The minimum atomic E-state index is -0.164. The highest BCUT2D eigenvalue weighted by Gasteiger charge is 2.01. The van der Waals surface area contributed by atoms with Crippen molar-refractivity contribution >= 4 is 5.82 Å². The zero-order valence-corrected chi connectivity index (χ0v) is 10.9. The van der Waals surface area contributed by atoms with E-state index in [9.17, 15) is 4.39 Å². The van der Waals surface area contributed by atoms with Crippen LogP contribution in [0.2, 0.25) is 0 Å². The maximum atomic E-state index is 13.4. The van der Waals surface area contributed by atoms with E-state index in [2.05, 4.69) is 20.6 Å². The molecule has 0 radical (unpaired) electrons. The first-order valence-electron chi connectivity index (χ1n) is 6.23. The maximum Gasteiger partial charge on any atom is 0.144 e. The molecule has 0 bridgehead atoms. The van der Waals surface area contributed by atoms with Crippen molar-refractivity contribution in [3.63, 3.8) is 0 Å². The van der Waals surface area contributed by atoms with E-state index in [0.717, 1.165) is 11.6 Å². The number of benzene rings is 1. The van der Waals surface area contributed by atoms with Gasteiger partial charge < -0.3 is 10.6 Å². The largest absolute Gasteiger partial charge is 0.370 e. The number of hydrogen-bond acceptors (Lipinski definition) is 4. The maximum absolute atomic E-state index is 13.4. The summed E-state index contributed by atoms with van der Waals surface area (Å²) in [7, 11) is 1.85. The fourth-order valence-corrected chi connectivity index (χ4v) is 1.77. The van der Waals surface area contributed by atoms with Gasteiger partial charge in [0.05, 0.1) is 6.54 Å². The van der Waals surface area contributed by atoms with Crippen LogP contribution in [0.5, 0.6) is 0 Å². The minimum absolute atomic E-state index is 0.164. The fourth-order valence-electron chi connectivity index (χ4n) is 1.77. The van der Waals surface area contributed by atoms with Gasteiger partial charge in [0, 0.05) is 12.7 Å². The molecule has 0 saturated heterocycles. The van der Waals surface area contributed by atoms with E-state index < -0.39 is 0 Å². The van der Waals surface area contributed by atoms with E-state index in [1.165, 1.54) is 6.07 Å². The first-order chi connectivity index (χ1) is 9.29. The third-order valence-corrected chi connectivity index (χ3v) is 2.70. The molecule has 2 N–H and O–H groups in total. The van der Waals surface area contributed by atoms with Crippen molar-refractivity contribution in [3.05, 3.63) is 53.7 Å². The number of nitrogens with one attached hydrogen (secondary N) is 2. The SMILES string of the molecule is CNCc1nccc(NCCc2ccccc2F)n1. The van der Waals surface area contributed by atoms with E-state index in [4.69, 9.17) is 0 Å². The van der Waals surface area contributed by atoms with E-state index in [1.807, 2.05) is 13.1 Å². The molecule has 0 saturated carbocycles. The lowest BCUT2D eigenvalue weighted by atomic mass is 10.1. The van der Waals surface area contributed by atoms with Crippen molar-refractivity contribution in [1.29, 1.82) is 0 Å². The van der Waals surface area contributed by atoms with Crippen LogP contribution in [0.4, 0.5) is 10.2 Å². The quantitative estimate of drug-likeness (QED) is 0.834. The highest BCUT2D eigenvalue weighted by atomic mass is 19.1. The van der Waals surface area contributed by atoms with Crippen LogP contribution in [0.25, 0.3) is 0 Å². The second kappa shape index (κ2) is 6.80. The minimum Gasteiger partial charge on any atom is -0.370 e. The second-order valence-electron chi connectivity index (χ2n) is 4.16. The van der Waals surface area contributed by atoms with E-state index in [0.29, 0.717) is 25.1 Å².